The van der Waals surface area contributed by atoms with Crippen molar-refractivity contribution in [2.45, 2.75) is 26.4 Å². The average Bonchev–Trinajstić information content (AvgIpc) is 2.98. The largest absolute Gasteiger partial charge is 0.337 e. The SMILES string of the molecule is CCn1nnc2cc(C(=O)N3CCCN(Cc4ccccc4)CC3)ccc21. The van der Waals surface area contributed by atoms with Crippen LogP contribution in [-0.4, -0.2) is 56.9 Å². The summed E-state index contributed by atoms with van der Waals surface area (Å²) in [6.45, 7) is 7.21. The smallest absolute Gasteiger partial charge is 0.253 e. The normalized spacial score (nSPS) is 15.8. The van der Waals surface area contributed by atoms with Crippen LogP contribution < -0.4 is 0 Å². The van der Waals surface area contributed by atoms with E-state index in [0.29, 0.717) is 5.56 Å². The zero-order chi connectivity index (χ0) is 18.6. The van der Waals surface area contributed by atoms with E-state index < -0.39 is 0 Å². The maximum Gasteiger partial charge on any atom is 0.253 e. The van der Waals surface area contributed by atoms with Gasteiger partial charge >= 0.3 is 0 Å². The van der Waals surface area contributed by atoms with Crippen molar-refractivity contribution in [1.82, 2.24) is 24.8 Å². The number of aromatic nitrogens is 3. The fraction of sp³-hybridized carbons (Fsp3) is 0.381. The van der Waals surface area contributed by atoms with Crippen molar-refractivity contribution in [3.63, 3.8) is 0 Å². The Morgan fingerprint density at radius 1 is 1.04 bits per heavy atom. The molecule has 6 nitrogen and oxygen atoms in total. The molecule has 2 heterocycles. The van der Waals surface area contributed by atoms with Gasteiger partial charge < -0.3 is 4.90 Å². The molecule has 6 heteroatoms. The third-order valence-corrected chi connectivity index (χ3v) is 5.19. The Kier molecular flexibility index (Phi) is 5.16. The second-order valence-corrected chi connectivity index (χ2v) is 7.02. The first-order chi connectivity index (χ1) is 13.2. The highest BCUT2D eigenvalue weighted by atomic mass is 16.2. The number of fused-ring (bicyclic) bond motifs is 1. The summed E-state index contributed by atoms with van der Waals surface area (Å²) in [7, 11) is 0. The summed E-state index contributed by atoms with van der Waals surface area (Å²) in [5.41, 5.74) is 3.77. The molecule has 0 saturated carbocycles. The Labute approximate surface area is 159 Å². The summed E-state index contributed by atoms with van der Waals surface area (Å²) >= 11 is 0. The molecular weight excluding hydrogens is 338 g/mol. The van der Waals surface area contributed by atoms with Crippen LogP contribution in [0.25, 0.3) is 11.0 Å². The standard InChI is InChI=1S/C21H25N5O/c1-2-26-20-10-9-18(15-19(20)22-23-26)21(27)25-12-6-11-24(13-14-25)16-17-7-4-3-5-8-17/h3-5,7-10,15H,2,6,11-14,16H2,1H3. The summed E-state index contributed by atoms with van der Waals surface area (Å²) in [5.74, 6) is 0.0875. The first-order valence-corrected chi connectivity index (χ1v) is 9.63. The number of carbonyl (C=O) groups excluding carboxylic acids is 1. The number of amides is 1. The van der Waals surface area contributed by atoms with E-state index >= 15 is 0 Å². The van der Waals surface area contributed by atoms with E-state index in [9.17, 15) is 4.79 Å². The van der Waals surface area contributed by atoms with E-state index in [1.54, 1.807) is 0 Å². The van der Waals surface area contributed by atoms with Crippen LogP contribution in [0.4, 0.5) is 0 Å². The van der Waals surface area contributed by atoms with E-state index in [4.69, 9.17) is 0 Å². The zero-order valence-electron chi connectivity index (χ0n) is 15.7. The molecule has 0 radical (unpaired) electrons. The number of rotatable bonds is 4. The van der Waals surface area contributed by atoms with Crippen LogP contribution in [-0.2, 0) is 13.1 Å². The second kappa shape index (κ2) is 7.88. The third-order valence-electron chi connectivity index (χ3n) is 5.19. The van der Waals surface area contributed by atoms with Crippen LogP contribution in [0.1, 0.15) is 29.3 Å². The Morgan fingerprint density at radius 3 is 2.70 bits per heavy atom. The first-order valence-electron chi connectivity index (χ1n) is 9.63. The van der Waals surface area contributed by atoms with E-state index in [1.165, 1.54) is 5.56 Å². The minimum Gasteiger partial charge on any atom is -0.337 e. The molecule has 0 unspecified atom stereocenters. The lowest BCUT2D eigenvalue weighted by Crippen LogP contribution is -2.35. The van der Waals surface area contributed by atoms with Gasteiger partial charge in [-0.2, -0.15) is 0 Å². The predicted molar refractivity (Wildman–Crippen MR) is 105 cm³/mol. The molecule has 0 atom stereocenters. The molecular formula is C21H25N5O. The summed E-state index contributed by atoms with van der Waals surface area (Å²) in [6, 6.07) is 16.2. The van der Waals surface area contributed by atoms with Gasteiger partial charge in [-0.15, -0.1) is 5.10 Å². The van der Waals surface area contributed by atoms with Gasteiger partial charge in [-0.05, 0) is 37.1 Å². The Morgan fingerprint density at radius 2 is 1.89 bits per heavy atom. The van der Waals surface area contributed by atoms with Crippen molar-refractivity contribution in [2.24, 2.45) is 0 Å². The molecule has 1 aliphatic rings. The Balaban J connectivity index is 1.43. The van der Waals surface area contributed by atoms with Crippen molar-refractivity contribution in [1.29, 1.82) is 0 Å². The highest BCUT2D eigenvalue weighted by Gasteiger charge is 2.21. The second-order valence-electron chi connectivity index (χ2n) is 7.02. The number of nitrogens with zero attached hydrogens (tertiary/aromatic N) is 5. The number of benzene rings is 2. The van der Waals surface area contributed by atoms with Crippen LogP contribution >= 0.6 is 0 Å². The summed E-state index contributed by atoms with van der Waals surface area (Å²) < 4.78 is 1.84. The topological polar surface area (TPSA) is 54.3 Å². The Hall–Kier alpha value is -2.73. The fourth-order valence-corrected chi connectivity index (χ4v) is 3.70. The van der Waals surface area contributed by atoms with Gasteiger partial charge in [-0.3, -0.25) is 9.69 Å². The molecule has 2 aromatic carbocycles. The lowest BCUT2D eigenvalue weighted by Gasteiger charge is -2.22. The average molecular weight is 363 g/mol. The fourth-order valence-electron chi connectivity index (χ4n) is 3.70. The quantitative estimate of drug-likeness (QED) is 0.715. The van der Waals surface area contributed by atoms with Crippen molar-refractivity contribution < 1.29 is 4.79 Å². The molecule has 1 aliphatic heterocycles. The molecule has 27 heavy (non-hydrogen) atoms. The molecule has 4 rings (SSSR count). The lowest BCUT2D eigenvalue weighted by molar-refractivity contribution is 0.0761. The third kappa shape index (κ3) is 3.85. The molecule has 1 amide bonds. The van der Waals surface area contributed by atoms with Crippen LogP contribution in [0, 0.1) is 0 Å². The van der Waals surface area contributed by atoms with Gasteiger partial charge in [0.1, 0.15) is 5.52 Å². The van der Waals surface area contributed by atoms with Crippen molar-refractivity contribution >= 4 is 16.9 Å². The molecule has 1 aromatic heterocycles. The van der Waals surface area contributed by atoms with Crippen molar-refractivity contribution in [3.05, 3.63) is 59.7 Å². The molecule has 3 aromatic rings. The monoisotopic (exact) mass is 363 g/mol. The van der Waals surface area contributed by atoms with Crippen LogP contribution in [0.5, 0.6) is 0 Å². The van der Waals surface area contributed by atoms with Gasteiger partial charge in [-0.1, -0.05) is 35.5 Å². The molecule has 1 saturated heterocycles. The highest BCUT2D eigenvalue weighted by Crippen LogP contribution is 2.17. The lowest BCUT2D eigenvalue weighted by atomic mass is 10.1. The maximum atomic E-state index is 13.0. The van der Waals surface area contributed by atoms with E-state index in [2.05, 4.69) is 39.5 Å². The van der Waals surface area contributed by atoms with Gasteiger partial charge in [-0.25, -0.2) is 4.68 Å². The zero-order valence-corrected chi connectivity index (χ0v) is 15.7. The number of aryl methyl sites for hydroxylation is 1. The number of hydrogen-bond acceptors (Lipinski definition) is 4. The molecule has 1 fully saturated rings. The number of hydrogen-bond donors (Lipinski definition) is 0. The van der Waals surface area contributed by atoms with Crippen molar-refractivity contribution in [2.75, 3.05) is 26.2 Å². The van der Waals surface area contributed by atoms with Gasteiger partial charge in [0, 0.05) is 44.8 Å². The molecule has 0 bridgehead atoms. The summed E-state index contributed by atoms with van der Waals surface area (Å²) in [6.07, 6.45) is 0.993. The first kappa shape index (κ1) is 17.7. The molecule has 0 N–H and O–H groups in total. The Bertz CT molecular complexity index is 921. The van der Waals surface area contributed by atoms with Crippen LogP contribution in [0.3, 0.4) is 0 Å². The molecule has 140 valence electrons. The molecule has 0 spiro atoms. The minimum absolute atomic E-state index is 0.0875. The van der Waals surface area contributed by atoms with E-state index in [-0.39, 0.29) is 5.91 Å². The van der Waals surface area contributed by atoms with Crippen LogP contribution in [0.15, 0.2) is 48.5 Å². The summed E-state index contributed by atoms with van der Waals surface area (Å²) in [4.78, 5) is 17.4. The highest BCUT2D eigenvalue weighted by molar-refractivity contribution is 5.97. The van der Waals surface area contributed by atoms with Gasteiger partial charge in [0.05, 0.1) is 5.52 Å². The maximum absolute atomic E-state index is 13.0. The van der Waals surface area contributed by atoms with E-state index in [0.717, 1.165) is 56.7 Å². The van der Waals surface area contributed by atoms with Gasteiger partial charge in [0.25, 0.3) is 5.91 Å². The van der Waals surface area contributed by atoms with Crippen LogP contribution in [0.2, 0.25) is 0 Å². The summed E-state index contributed by atoms with van der Waals surface area (Å²) in [5, 5.41) is 8.32. The van der Waals surface area contributed by atoms with Gasteiger partial charge in [0.15, 0.2) is 0 Å². The number of carbonyl (C=O) groups is 1. The minimum atomic E-state index is 0.0875. The predicted octanol–water partition coefficient (Wildman–Crippen LogP) is 2.80. The van der Waals surface area contributed by atoms with E-state index in [1.807, 2.05) is 40.8 Å². The molecule has 0 aliphatic carbocycles. The van der Waals surface area contributed by atoms with Crippen molar-refractivity contribution in [3.8, 4) is 0 Å². The van der Waals surface area contributed by atoms with Gasteiger partial charge in [0.2, 0.25) is 0 Å².